The fourth-order valence-corrected chi connectivity index (χ4v) is 5.37. The normalized spacial score (nSPS) is 35.4. The zero-order chi connectivity index (χ0) is 18.8. The largest absolute Gasteiger partial charge is 0.342 e. The van der Waals surface area contributed by atoms with Crippen LogP contribution in [0.4, 0.5) is 0 Å². The first kappa shape index (κ1) is 22.3. The Balaban J connectivity index is 0.000000240. The Morgan fingerprint density at radius 3 is 1.21 bits per heavy atom. The van der Waals surface area contributed by atoms with E-state index in [4.69, 9.17) is 9.05 Å². The molecule has 0 aromatic carbocycles. The van der Waals surface area contributed by atoms with Crippen LogP contribution in [-0.4, -0.2) is 63.8 Å². The van der Waals surface area contributed by atoms with Crippen LogP contribution in [0.3, 0.4) is 0 Å². The van der Waals surface area contributed by atoms with Crippen molar-refractivity contribution in [3.8, 4) is 0 Å². The van der Waals surface area contributed by atoms with E-state index in [1.807, 2.05) is 0 Å². The zero-order valence-electron chi connectivity index (χ0n) is 16.3. The lowest BCUT2D eigenvalue weighted by Gasteiger charge is -2.37. The Hall–Kier alpha value is 0.220. The molecule has 0 spiro atoms. The van der Waals surface area contributed by atoms with Gasteiger partial charge in [0.25, 0.3) is 0 Å². The van der Waals surface area contributed by atoms with Crippen molar-refractivity contribution in [3.05, 3.63) is 0 Å². The second-order valence-corrected chi connectivity index (χ2v) is 13.1. The lowest BCUT2D eigenvalue weighted by atomic mass is 9.96. The lowest BCUT2D eigenvalue weighted by molar-refractivity contribution is 0.138. The van der Waals surface area contributed by atoms with Gasteiger partial charge in [-0.3, -0.25) is 9.13 Å². The summed E-state index contributed by atoms with van der Waals surface area (Å²) in [5.74, 6) is 0. The smallest absolute Gasteiger partial charge is 0.305 e. The first-order chi connectivity index (χ1) is 10.7. The molecule has 2 atom stereocenters. The highest BCUT2D eigenvalue weighted by Crippen LogP contribution is 2.49. The molecule has 10 heteroatoms. The van der Waals surface area contributed by atoms with Gasteiger partial charge in [0.2, 0.25) is 0 Å². The standard InChI is InChI=1S/2C7H17N2O2P/c2*1-7(2)5-8-12(10,9(3)4)11-6-7/h2*5-6H2,1-4H3,(H,8,10). The molecule has 0 amide bonds. The molecule has 2 fully saturated rings. The van der Waals surface area contributed by atoms with E-state index in [9.17, 15) is 9.13 Å². The van der Waals surface area contributed by atoms with Gasteiger partial charge >= 0.3 is 15.3 Å². The Morgan fingerprint density at radius 1 is 0.750 bits per heavy atom. The van der Waals surface area contributed by atoms with Gasteiger partial charge in [0.1, 0.15) is 0 Å². The zero-order valence-corrected chi connectivity index (χ0v) is 18.0. The summed E-state index contributed by atoms with van der Waals surface area (Å²) >= 11 is 0. The van der Waals surface area contributed by atoms with E-state index in [0.717, 1.165) is 13.1 Å². The monoisotopic (exact) mass is 384 g/mol. The third-order valence-electron chi connectivity index (χ3n) is 3.83. The molecule has 0 bridgehead atoms. The van der Waals surface area contributed by atoms with Gasteiger partial charge in [-0.05, 0) is 28.2 Å². The van der Waals surface area contributed by atoms with Gasteiger partial charge in [0, 0.05) is 23.9 Å². The van der Waals surface area contributed by atoms with E-state index in [0.29, 0.717) is 13.2 Å². The summed E-state index contributed by atoms with van der Waals surface area (Å²) in [4.78, 5) is 0. The van der Waals surface area contributed by atoms with Crippen LogP contribution in [0, 0.1) is 10.8 Å². The van der Waals surface area contributed by atoms with Crippen molar-refractivity contribution in [1.29, 1.82) is 0 Å². The summed E-state index contributed by atoms with van der Waals surface area (Å²) in [6.45, 7) is 10.9. The fraction of sp³-hybridized carbons (Fsp3) is 1.00. The van der Waals surface area contributed by atoms with Crippen LogP contribution in [0.5, 0.6) is 0 Å². The Labute approximate surface area is 146 Å². The number of hydrogen-bond acceptors (Lipinski definition) is 4. The maximum atomic E-state index is 11.8. The molecule has 2 rings (SSSR count). The summed E-state index contributed by atoms with van der Waals surface area (Å²) < 4.78 is 37.5. The number of hydrogen-bond donors (Lipinski definition) is 2. The topological polar surface area (TPSA) is 83.1 Å². The molecule has 2 unspecified atom stereocenters. The van der Waals surface area contributed by atoms with Crippen molar-refractivity contribution in [1.82, 2.24) is 19.5 Å². The SMILES string of the molecule is CN(C)P1(=O)NCC(C)(C)CO1.CN(C)P1(=O)NCC(C)(C)CO1. The number of rotatable bonds is 2. The predicted molar refractivity (Wildman–Crippen MR) is 98.1 cm³/mol. The van der Waals surface area contributed by atoms with Gasteiger partial charge in [-0.25, -0.2) is 19.5 Å². The molecule has 2 saturated heterocycles. The van der Waals surface area contributed by atoms with E-state index in [1.54, 1.807) is 37.5 Å². The summed E-state index contributed by atoms with van der Waals surface area (Å²) in [7, 11) is 1.66. The summed E-state index contributed by atoms with van der Waals surface area (Å²) in [6, 6.07) is 0. The average Bonchev–Trinajstić information content (AvgIpc) is 2.46. The molecule has 0 saturated carbocycles. The van der Waals surface area contributed by atoms with Crippen LogP contribution in [-0.2, 0) is 18.2 Å². The first-order valence-electron chi connectivity index (χ1n) is 8.07. The highest BCUT2D eigenvalue weighted by Gasteiger charge is 2.37. The molecule has 8 nitrogen and oxygen atoms in total. The van der Waals surface area contributed by atoms with Crippen LogP contribution in [0.25, 0.3) is 0 Å². The Bertz CT molecular complexity index is 449. The highest BCUT2D eigenvalue weighted by atomic mass is 31.2. The fourth-order valence-electron chi connectivity index (χ4n) is 1.86. The van der Waals surface area contributed by atoms with Crippen molar-refractivity contribution in [2.75, 3.05) is 54.5 Å². The Morgan fingerprint density at radius 2 is 1.04 bits per heavy atom. The second-order valence-electron chi connectivity index (χ2n) is 8.28. The molecule has 2 N–H and O–H groups in total. The maximum absolute atomic E-state index is 11.8. The molecule has 144 valence electrons. The van der Waals surface area contributed by atoms with Crippen molar-refractivity contribution in [3.63, 3.8) is 0 Å². The molecule has 2 aliphatic rings. The van der Waals surface area contributed by atoms with Gasteiger partial charge < -0.3 is 9.05 Å². The number of nitrogens with one attached hydrogen (secondary N) is 2. The van der Waals surface area contributed by atoms with Gasteiger partial charge in [-0.15, -0.1) is 0 Å². The van der Waals surface area contributed by atoms with Crippen LogP contribution in [0.2, 0.25) is 0 Å². The molecule has 0 radical (unpaired) electrons. The summed E-state index contributed by atoms with van der Waals surface area (Å²) in [5.41, 5.74) is 0.174. The number of nitrogens with zero attached hydrogens (tertiary/aromatic N) is 2. The van der Waals surface area contributed by atoms with Crippen molar-refractivity contribution >= 4 is 15.3 Å². The van der Waals surface area contributed by atoms with Gasteiger partial charge in [0.05, 0.1) is 13.2 Å². The van der Waals surface area contributed by atoms with E-state index < -0.39 is 15.3 Å². The molecule has 2 aliphatic heterocycles. The lowest BCUT2D eigenvalue weighted by Crippen LogP contribution is -2.40. The van der Waals surface area contributed by atoms with Gasteiger partial charge in [-0.1, -0.05) is 27.7 Å². The van der Waals surface area contributed by atoms with Crippen molar-refractivity contribution in [2.24, 2.45) is 10.8 Å². The van der Waals surface area contributed by atoms with Crippen LogP contribution < -0.4 is 10.2 Å². The van der Waals surface area contributed by atoms with Gasteiger partial charge in [-0.2, -0.15) is 0 Å². The second kappa shape index (κ2) is 7.85. The van der Waals surface area contributed by atoms with Crippen molar-refractivity contribution in [2.45, 2.75) is 27.7 Å². The van der Waals surface area contributed by atoms with Crippen molar-refractivity contribution < 1.29 is 18.2 Å². The average molecular weight is 384 g/mol. The Kier molecular flexibility index (Phi) is 7.28. The molecule has 0 aromatic rings. The molecular formula is C14H34N4O4P2. The van der Waals surface area contributed by atoms with Crippen LogP contribution in [0.1, 0.15) is 27.7 Å². The van der Waals surface area contributed by atoms with Gasteiger partial charge in [0.15, 0.2) is 0 Å². The molecule has 24 heavy (non-hydrogen) atoms. The molecule has 2 heterocycles. The van der Waals surface area contributed by atoms with E-state index >= 15 is 0 Å². The quantitative estimate of drug-likeness (QED) is 0.703. The maximum Gasteiger partial charge on any atom is 0.342 e. The molecule has 0 aromatic heterocycles. The highest BCUT2D eigenvalue weighted by molar-refractivity contribution is 7.54. The predicted octanol–water partition coefficient (Wildman–Crippen LogP) is 2.60. The third kappa shape index (κ3) is 6.19. The molecular weight excluding hydrogens is 350 g/mol. The van der Waals surface area contributed by atoms with Crippen LogP contribution >= 0.6 is 15.3 Å². The minimum absolute atomic E-state index is 0.0872. The minimum atomic E-state index is -2.68. The third-order valence-corrected chi connectivity index (χ3v) is 8.01. The first-order valence-corrected chi connectivity index (χ1v) is 11.2. The van der Waals surface area contributed by atoms with E-state index in [2.05, 4.69) is 37.9 Å². The molecule has 0 aliphatic carbocycles. The minimum Gasteiger partial charge on any atom is -0.305 e. The van der Waals surface area contributed by atoms with Crippen LogP contribution in [0.15, 0.2) is 0 Å². The van der Waals surface area contributed by atoms with E-state index in [1.165, 1.54) is 0 Å². The summed E-state index contributed by atoms with van der Waals surface area (Å²) in [6.07, 6.45) is 0. The van der Waals surface area contributed by atoms with E-state index in [-0.39, 0.29) is 10.8 Å². The summed E-state index contributed by atoms with van der Waals surface area (Å²) in [5, 5.41) is 5.89.